The first-order valence-electron chi connectivity index (χ1n) is 5.45. The smallest absolute Gasteiger partial charge is 0.339 e. The predicted molar refractivity (Wildman–Crippen MR) is 60.6 cm³/mol. The summed E-state index contributed by atoms with van der Waals surface area (Å²) in [6.45, 7) is 1.77. The SMILES string of the molecule is O=C1OC2(CCNCC2)c2ccc(Cl)cc21. The minimum Gasteiger partial charge on any atom is -0.450 e. The van der Waals surface area contributed by atoms with Crippen molar-refractivity contribution in [1.82, 2.24) is 5.32 Å². The van der Waals surface area contributed by atoms with Gasteiger partial charge in [-0.1, -0.05) is 17.7 Å². The van der Waals surface area contributed by atoms with Crippen molar-refractivity contribution in [2.45, 2.75) is 18.4 Å². The molecule has 1 spiro atoms. The average molecular weight is 238 g/mol. The van der Waals surface area contributed by atoms with E-state index in [0.29, 0.717) is 10.6 Å². The molecule has 3 rings (SSSR count). The molecule has 2 aliphatic heterocycles. The van der Waals surface area contributed by atoms with Crippen LogP contribution in [0.4, 0.5) is 0 Å². The molecule has 0 unspecified atom stereocenters. The number of halogens is 1. The fourth-order valence-corrected chi connectivity index (χ4v) is 2.74. The van der Waals surface area contributed by atoms with Crippen molar-refractivity contribution in [3.05, 3.63) is 34.3 Å². The van der Waals surface area contributed by atoms with Crippen LogP contribution >= 0.6 is 11.6 Å². The number of carbonyl (C=O) groups excluding carboxylic acids is 1. The molecule has 0 aliphatic carbocycles. The molecular formula is C12H12ClNO2. The van der Waals surface area contributed by atoms with Crippen molar-refractivity contribution in [3.8, 4) is 0 Å². The van der Waals surface area contributed by atoms with Gasteiger partial charge in [-0.3, -0.25) is 0 Å². The lowest BCUT2D eigenvalue weighted by atomic mass is 9.84. The molecule has 2 heterocycles. The summed E-state index contributed by atoms with van der Waals surface area (Å²) >= 11 is 5.90. The summed E-state index contributed by atoms with van der Waals surface area (Å²) in [4.78, 5) is 11.8. The summed E-state index contributed by atoms with van der Waals surface area (Å²) in [6, 6.07) is 5.45. The first kappa shape index (κ1) is 10.1. The first-order chi connectivity index (χ1) is 7.71. The average Bonchev–Trinajstić information content (AvgIpc) is 2.53. The maximum absolute atomic E-state index is 11.8. The monoisotopic (exact) mass is 237 g/mol. The van der Waals surface area contributed by atoms with E-state index in [2.05, 4.69) is 5.32 Å². The molecule has 0 atom stereocenters. The minimum absolute atomic E-state index is 0.237. The zero-order valence-electron chi connectivity index (χ0n) is 8.75. The second-order valence-corrected chi connectivity index (χ2v) is 4.76. The minimum atomic E-state index is -0.401. The molecule has 1 aromatic carbocycles. The third kappa shape index (κ3) is 1.35. The van der Waals surface area contributed by atoms with Crippen LogP contribution in [0.3, 0.4) is 0 Å². The Morgan fingerprint density at radius 2 is 2.06 bits per heavy atom. The van der Waals surface area contributed by atoms with Crippen molar-refractivity contribution >= 4 is 17.6 Å². The van der Waals surface area contributed by atoms with Gasteiger partial charge < -0.3 is 10.1 Å². The lowest BCUT2D eigenvalue weighted by Crippen LogP contribution is -2.39. The Hall–Kier alpha value is -1.06. The van der Waals surface area contributed by atoms with E-state index in [0.717, 1.165) is 31.5 Å². The largest absolute Gasteiger partial charge is 0.450 e. The number of carbonyl (C=O) groups is 1. The van der Waals surface area contributed by atoms with Crippen LogP contribution in [-0.2, 0) is 10.3 Å². The van der Waals surface area contributed by atoms with Gasteiger partial charge in [0.25, 0.3) is 0 Å². The van der Waals surface area contributed by atoms with Gasteiger partial charge in [-0.15, -0.1) is 0 Å². The van der Waals surface area contributed by atoms with Gasteiger partial charge in [0.05, 0.1) is 5.56 Å². The second kappa shape index (κ2) is 3.47. The van der Waals surface area contributed by atoms with Crippen LogP contribution in [0.5, 0.6) is 0 Å². The molecule has 84 valence electrons. The number of hydrogen-bond donors (Lipinski definition) is 1. The van der Waals surface area contributed by atoms with Crippen molar-refractivity contribution < 1.29 is 9.53 Å². The van der Waals surface area contributed by atoms with Gasteiger partial charge in [0.2, 0.25) is 0 Å². The number of nitrogens with one attached hydrogen (secondary N) is 1. The van der Waals surface area contributed by atoms with E-state index in [4.69, 9.17) is 16.3 Å². The summed E-state index contributed by atoms with van der Waals surface area (Å²) in [5, 5.41) is 3.86. The Morgan fingerprint density at radius 1 is 1.31 bits per heavy atom. The Morgan fingerprint density at radius 3 is 2.81 bits per heavy atom. The third-order valence-corrected chi connectivity index (χ3v) is 3.63. The molecule has 1 saturated heterocycles. The predicted octanol–water partition coefficient (Wildman–Crippen LogP) is 2.09. The number of ether oxygens (including phenoxy) is 1. The molecule has 0 bridgehead atoms. The van der Waals surface area contributed by atoms with Crippen LogP contribution in [0.1, 0.15) is 28.8 Å². The molecule has 16 heavy (non-hydrogen) atoms. The fourth-order valence-electron chi connectivity index (χ4n) is 2.57. The van der Waals surface area contributed by atoms with E-state index in [9.17, 15) is 4.79 Å². The topological polar surface area (TPSA) is 38.3 Å². The van der Waals surface area contributed by atoms with Gasteiger partial charge >= 0.3 is 5.97 Å². The molecule has 1 fully saturated rings. The molecule has 2 aliphatic rings. The van der Waals surface area contributed by atoms with Crippen LogP contribution in [-0.4, -0.2) is 19.1 Å². The fraction of sp³-hybridized carbons (Fsp3) is 0.417. The maximum atomic E-state index is 11.8. The highest BCUT2D eigenvalue weighted by Gasteiger charge is 2.45. The Bertz CT molecular complexity index is 452. The standard InChI is InChI=1S/C12H12ClNO2/c13-8-1-2-10-9(7-8)11(15)16-12(10)3-5-14-6-4-12/h1-2,7,14H,3-6H2. The molecule has 1 N–H and O–H groups in total. The van der Waals surface area contributed by atoms with Gasteiger partial charge in [-0.25, -0.2) is 4.79 Å². The van der Waals surface area contributed by atoms with Crippen molar-refractivity contribution in [3.63, 3.8) is 0 Å². The van der Waals surface area contributed by atoms with E-state index in [1.165, 1.54) is 0 Å². The van der Waals surface area contributed by atoms with Gasteiger partial charge in [0.15, 0.2) is 0 Å². The van der Waals surface area contributed by atoms with Gasteiger partial charge in [0, 0.05) is 23.4 Å². The van der Waals surface area contributed by atoms with E-state index in [1.54, 1.807) is 6.07 Å². The van der Waals surface area contributed by atoms with Crippen molar-refractivity contribution in [1.29, 1.82) is 0 Å². The van der Waals surface area contributed by atoms with E-state index in [1.807, 2.05) is 12.1 Å². The highest BCUT2D eigenvalue weighted by molar-refractivity contribution is 6.31. The number of piperidine rings is 1. The lowest BCUT2D eigenvalue weighted by Gasteiger charge is -2.33. The van der Waals surface area contributed by atoms with Crippen LogP contribution < -0.4 is 5.32 Å². The third-order valence-electron chi connectivity index (χ3n) is 3.39. The molecule has 0 radical (unpaired) electrons. The molecule has 0 amide bonds. The van der Waals surface area contributed by atoms with Crippen LogP contribution in [0, 0.1) is 0 Å². The highest BCUT2D eigenvalue weighted by atomic mass is 35.5. The molecule has 1 aromatic rings. The zero-order valence-corrected chi connectivity index (χ0v) is 9.51. The zero-order chi connectivity index (χ0) is 11.2. The summed E-state index contributed by atoms with van der Waals surface area (Å²) in [6.07, 6.45) is 1.68. The van der Waals surface area contributed by atoms with E-state index < -0.39 is 5.60 Å². The first-order valence-corrected chi connectivity index (χ1v) is 5.83. The van der Waals surface area contributed by atoms with E-state index >= 15 is 0 Å². The van der Waals surface area contributed by atoms with Crippen molar-refractivity contribution in [2.75, 3.05) is 13.1 Å². The normalized spacial score (nSPS) is 21.9. The molecular weight excluding hydrogens is 226 g/mol. The number of fused-ring (bicyclic) bond motifs is 2. The van der Waals surface area contributed by atoms with Gasteiger partial charge in [0.1, 0.15) is 5.60 Å². The summed E-state index contributed by atoms with van der Waals surface area (Å²) in [5.41, 5.74) is 1.24. The summed E-state index contributed by atoms with van der Waals surface area (Å²) in [5.74, 6) is -0.237. The summed E-state index contributed by atoms with van der Waals surface area (Å²) in [7, 11) is 0. The molecule has 4 heteroatoms. The number of esters is 1. The Balaban J connectivity index is 2.11. The Labute approximate surface area is 98.7 Å². The van der Waals surface area contributed by atoms with Crippen LogP contribution in [0.2, 0.25) is 5.02 Å². The van der Waals surface area contributed by atoms with Gasteiger partial charge in [-0.2, -0.15) is 0 Å². The van der Waals surface area contributed by atoms with Gasteiger partial charge in [-0.05, 0) is 25.2 Å². The lowest BCUT2D eigenvalue weighted by molar-refractivity contribution is -0.0241. The number of benzene rings is 1. The van der Waals surface area contributed by atoms with Crippen molar-refractivity contribution in [2.24, 2.45) is 0 Å². The van der Waals surface area contributed by atoms with Crippen LogP contribution in [0.15, 0.2) is 18.2 Å². The second-order valence-electron chi connectivity index (χ2n) is 4.32. The quantitative estimate of drug-likeness (QED) is 0.703. The maximum Gasteiger partial charge on any atom is 0.339 e. The van der Waals surface area contributed by atoms with Crippen LogP contribution in [0.25, 0.3) is 0 Å². The summed E-state index contributed by atoms with van der Waals surface area (Å²) < 4.78 is 5.58. The highest BCUT2D eigenvalue weighted by Crippen LogP contribution is 2.43. The molecule has 3 nitrogen and oxygen atoms in total. The molecule has 0 aromatic heterocycles. The van der Waals surface area contributed by atoms with E-state index in [-0.39, 0.29) is 5.97 Å². The molecule has 0 saturated carbocycles. The Kier molecular flexibility index (Phi) is 2.19. The number of hydrogen-bond acceptors (Lipinski definition) is 3. The number of rotatable bonds is 0.